The Hall–Kier alpha value is -1.88. The minimum absolute atomic E-state index is 0.0144. The summed E-state index contributed by atoms with van der Waals surface area (Å²) in [5, 5.41) is 0. The molecule has 1 saturated heterocycles. The summed E-state index contributed by atoms with van der Waals surface area (Å²) in [6, 6.07) is 7.93. The molecule has 1 unspecified atom stereocenters. The second kappa shape index (κ2) is 7.22. The monoisotopic (exact) mass is 291 g/mol. The van der Waals surface area contributed by atoms with E-state index in [-0.39, 0.29) is 5.78 Å². The van der Waals surface area contributed by atoms with Crippen LogP contribution in [0.4, 0.5) is 0 Å². The molecule has 0 spiro atoms. The van der Waals surface area contributed by atoms with Gasteiger partial charge in [-0.1, -0.05) is 12.1 Å². The van der Waals surface area contributed by atoms with Crippen molar-refractivity contribution >= 4 is 11.8 Å². The van der Waals surface area contributed by atoms with Crippen LogP contribution in [0.5, 0.6) is 5.75 Å². The molecule has 0 aliphatic carbocycles. The zero-order chi connectivity index (χ0) is 15.2. The van der Waals surface area contributed by atoms with Gasteiger partial charge in [0.1, 0.15) is 17.5 Å². The Balaban J connectivity index is 1.91. The minimum Gasteiger partial charge on any atom is -0.497 e. The average molecular weight is 291 g/mol. The lowest BCUT2D eigenvalue weighted by Gasteiger charge is -2.30. The van der Waals surface area contributed by atoms with Crippen molar-refractivity contribution in [3.05, 3.63) is 29.8 Å². The van der Waals surface area contributed by atoms with Crippen LogP contribution < -0.4 is 4.74 Å². The highest BCUT2D eigenvalue weighted by Crippen LogP contribution is 2.17. The van der Waals surface area contributed by atoms with Gasteiger partial charge in [0, 0.05) is 26.1 Å². The van der Waals surface area contributed by atoms with Crippen LogP contribution in [-0.4, -0.2) is 50.5 Å². The van der Waals surface area contributed by atoms with Crippen molar-refractivity contribution in [1.82, 2.24) is 4.90 Å². The van der Waals surface area contributed by atoms with E-state index in [4.69, 9.17) is 9.47 Å². The van der Waals surface area contributed by atoms with Crippen LogP contribution in [0.1, 0.15) is 12.0 Å². The highest BCUT2D eigenvalue weighted by atomic mass is 16.5. The molecule has 0 aromatic heterocycles. The lowest BCUT2D eigenvalue weighted by atomic mass is 9.96. The van der Waals surface area contributed by atoms with Crippen molar-refractivity contribution in [1.29, 1.82) is 0 Å². The number of esters is 1. The van der Waals surface area contributed by atoms with Crippen molar-refractivity contribution in [2.24, 2.45) is 5.92 Å². The van der Waals surface area contributed by atoms with Gasteiger partial charge in [0.15, 0.2) is 0 Å². The van der Waals surface area contributed by atoms with Crippen LogP contribution in [0, 0.1) is 5.92 Å². The van der Waals surface area contributed by atoms with Crippen LogP contribution in [0.25, 0.3) is 0 Å². The number of ketones is 1. The van der Waals surface area contributed by atoms with Gasteiger partial charge in [0.25, 0.3) is 0 Å². The summed E-state index contributed by atoms with van der Waals surface area (Å²) in [5.74, 6) is -0.228. The van der Waals surface area contributed by atoms with Gasteiger partial charge in [0.05, 0.1) is 14.2 Å². The van der Waals surface area contributed by atoms with E-state index in [0.717, 1.165) is 18.7 Å². The number of piperidine rings is 1. The molecule has 1 aromatic rings. The summed E-state index contributed by atoms with van der Waals surface area (Å²) >= 11 is 0. The van der Waals surface area contributed by atoms with Crippen molar-refractivity contribution in [2.45, 2.75) is 12.8 Å². The van der Waals surface area contributed by atoms with E-state index < -0.39 is 11.9 Å². The molecule has 1 aliphatic heterocycles. The molecule has 0 N–H and O–H groups in total. The highest BCUT2D eigenvalue weighted by molar-refractivity contribution is 5.99. The maximum atomic E-state index is 11.8. The van der Waals surface area contributed by atoms with Gasteiger partial charge in [-0.25, -0.2) is 0 Å². The largest absolute Gasteiger partial charge is 0.497 e. The maximum Gasteiger partial charge on any atom is 0.317 e. The second-order valence-corrected chi connectivity index (χ2v) is 5.19. The molecule has 1 aliphatic rings. The first-order chi connectivity index (χ1) is 10.1. The predicted molar refractivity (Wildman–Crippen MR) is 78.3 cm³/mol. The molecule has 1 atom stereocenters. The highest BCUT2D eigenvalue weighted by Gasteiger charge is 2.33. The van der Waals surface area contributed by atoms with Gasteiger partial charge in [-0.05, 0) is 24.1 Å². The van der Waals surface area contributed by atoms with Crippen LogP contribution in [0.15, 0.2) is 24.3 Å². The van der Waals surface area contributed by atoms with Crippen molar-refractivity contribution in [3.63, 3.8) is 0 Å². The molecule has 5 nitrogen and oxygen atoms in total. The lowest BCUT2D eigenvalue weighted by molar-refractivity contribution is -0.151. The molecular formula is C16H21NO4. The summed E-state index contributed by atoms with van der Waals surface area (Å²) in [6.07, 6.45) is 1.27. The lowest BCUT2D eigenvalue weighted by Crippen LogP contribution is -2.45. The van der Waals surface area contributed by atoms with Gasteiger partial charge in [0.2, 0.25) is 0 Å². The molecule has 114 valence electrons. The number of nitrogens with zero attached hydrogens (tertiary/aromatic N) is 1. The summed E-state index contributed by atoms with van der Waals surface area (Å²) in [7, 11) is 2.97. The van der Waals surface area contributed by atoms with Crippen LogP contribution in [-0.2, 0) is 20.7 Å². The first kappa shape index (κ1) is 15.5. The third kappa shape index (κ3) is 4.04. The van der Waals surface area contributed by atoms with Crippen molar-refractivity contribution in [2.75, 3.05) is 33.9 Å². The molecule has 1 fully saturated rings. The molecule has 1 heterocycles. The Kier molecular flexibility index (Phi) is 5.33. The predicted octanol–water partition coefficient (Wildman–Crippen LogP) is 1.30. The number of hydrogen-bond acceptors (Lipinski definition) is 5. The zero-order valence-corrected chi connectivity index (χ0v) is 12.5. The number of carbonyl (C=O) groups is 2. The Morgan fingerprint density at radius 2 is 2.19 bits per heavy atom. The van der Waals surface area contributed by atoms with E-state index in [1.807, 2.05) is 18.2 Å². The van der Waals surface area contributed by atoms with Crippen LogP contribution >= 0.6 is 0 Å². The number of rotatable bonds is 5. The molecule has 2 rings (SSSR count). The fraction of sp³-hybridized carbons (Fsp3) is 0.500. The normalized spacial score (nSPS) is 19.3. The van der Waals surface area contributed by atoms with E-state index in [0.29, 0.717) is 19.5 Å². The molecule has 0 radical (unpaired) electrons. The third-order valence-corrected chi connectivity index (χ3v) is 3.84. The molecule has 0 saturated carbocycles. The number of carbonyl (C=O) groups excluding carboxylic acids is 2. The van der Waals surface area contributed by atoms with Gasteiger partial charge < -0.3 is 14.4 Å². The Morgan fingerprint density at radius 3 is 2.90 bits per heavy atom. The zero-order valence-electron chi connectivity index (χ0n) is 12.5. The first-order valence-corrected chi connectivity index (χ1v) is 7.10. The Bertz CT molecular complexity index is 507. The van der Waals surface area contributed by atoms with Crippen molar-refractivity contribution in [3.8, 4) is 5.75 Å². The van der Waals surface area contributed by atoms with Gasteiger partial charge >= 0.3 is 5.97 Å². The number of hydrogen-bond donors (Lipinski definition) is 0. The fourth-order valence-electron chi connectivity index (χ4n) is 2.56. The molecular weight excluding hydrogens is 270 g/mol. The smallest absolute Gasteiger partial charge is 0.317 e. The number of Topliss-reactive ketones (excluding diaryl/α,β-unsaturated/α-hetero) is 1. The van der Waals surface area contributed by atoms with Crippen LogP contribution in [0.2, 0.25) is 0 Å². The van der Waals surface area contributed by atoms with Gasteiger partial charge in [-0.15, -0.1) is 0 Å². The fourth-order valence-corrected chi connectivity index (χ4v) is 2.56. The maximum absolute atomic E-state index is 11.8. The van der Waals surface area contributed by atoms with Gasteiger partial charge in [-0.2, -0.15) is 0 Å². The Labute approximate surface area is 124 Å². The average Bonchev–Trinajstić information content (AvgIpc) is 2.53. The second-order valence-electron chi connectivity index (χ2n) is 5.19. The van der Waals surface area contributed by atoms with Crippen LogP contribution in [0.3, 0.4) is 0 Å². The number of benzene rings is 1. The number of methoxy groups -OCH3 is 2. The van der Waals surface area contributed by atoms with Crippen molar-refractivity contribution < 1.29 is 19.1 Å². The van der Waals surface area contributed by atoms with E-state index >= 15 is 0 Å². The van der Waals surface area contributed by atoms with E-state index in [2.05, 4.69) is 11.0 Å². The quantitative estimate of drug-likeness (QED) is 0.604. The molecule has 5 heteroatoms. The van der Waals surface area contributed by atoms with E-state index in [1.54, 1.807) is 7.11 Å². The minimum atomic E-state index is -0.631. The molecule has 21 heavy (non-hydrogen) atoms. The molecule has 0 amide bonds. The van der Waals surface area contributed by atoms with Gasteiger partial charge in [-0.3, -0.25) is 9.59 Å². The third-order valence-electron chi connectivity index (χ3n) is 3.84. The summed E-state index contributed by atoms with van der Waals surface area (Å²) < 4.78 is 9.90. The SMILES string of the molecule is COC(=O)C1CN(CCc2cccc(OC)c2)CCC1=O. The molecule has 1 aromatic carbocycles. The standard InChI is InChI=1S/C16H21NO4/c1-20-13-5-3-4-12(10-13)6-8-17-9-7-15(18)14(11-17)16(19)21-2/h3-5,10,14H,6-9,11H2,1-2H3. The Morgan fingerprint density at radius 1 is 1.38 bits per heavy atom. The van der Waals surface area contributed by atoms with E-state index in [1.165, 1.54) is 12.7 Å². The summed E-state index contributed by atoms with van der Waals surface area (Å²) in [4.78, 5) is 25.5. The van der Waals surface area contributed by atoms with E-state index in [9.17, 15) is 9.59 Å². The number of likely N-dealkylation sites (tertiary alicyclic amines) is 1. The summed E-state index contributed by atoms with van der Waals surface area (Å²) in [5.41, 5.74) is 1.18. The first-order valence-electron chi connectivity index (χ1n) is 7.10. The molecule has 0 bridgehead atoms. The topological polar surface area (TPSA) is 55.8 Å². The summed E-state index contributed by atoms with van der Waals surface area (Å²) in [6.45, 7) is 1.97. The number of ether oxygens (including phenoxy) is 2.